The first-order valence-electron chi connectivity index (χ1n) is 9.53. The number of hydrogen-bond donors (Lipinski definition) is 0. The average molecular weight is 313 g/mol. The molecule has 0 aromatic carbocycles. The van der Waals surface area contributed by atoms with Gasteiger partial charge in [-0.2, -0.15) is 0 Å². The Morgan fingerprint density at radius 2 is 1.23 bits per heavy atom. The maximum absolute atomic E-state index is 11.3. The maximum atomic E-state index is 11.3. The SMILES string of the molecule is CCCCCCCCCCCCCCCC(=O)OCC(C)[NH]. The van der Waals surface area contributed by atoms with Gasteiger partial charge < -0.3 is 4.74 Å². The van der Waals surface area contributed by atoms with E-state index in [0.29, 0.717) is 6.42 Å². The lowest BCUT2D eigenvalue weighted by atomic mass is 10.0. The third-order valence-electron chi connectivity index (χ3n) is 3.98. The second kappa shape index (κ2) is 16.8. The van der Waals surface area contributed by atoms with Crippen LogP contribution in [0.25, 0.3) is 0 Å². The summed E-state index contributed by atoms with van der Waals surface area (Å²) in [5.41, 5.74) is 7.27. The molecule has 3 nitrogen and oxygen atoms in total. The third kappa shape index (κ3) is 17.5. The van der Waals surface area contributed by atoms with Gasteiger partial charge in [-0.15, -0.1) is 0 Å². The fourth-order valence-corrected chi connectivity index (χ4v) is 2.58. The predicted octanol–water partition coefficient (Wildman–Crippen LogP) is 5.68. The standard InChI is InChI=1S/C19H38NO2/c1-3-4-5-6-7-8-9-10-11-12-13-14-15-16-19(21)22-17-18(2)20/h18,20H,3-17H2,1-2H3. The minimum Gasteiger partial charge on any atom is -0.464 e. The van der Waals surface area contributed by atoms with Gasteiger partial charge in [-0.25, -0.2) is 0 Å². The van der Waals surface area contributed by atoms with Gasteiger partial charge in [0.1, 0.15) is 6.61 Å². The molecule has 0 saturated heterocycles. The van der Waals surface area contributed by atoms with Crippen LogP contribution in [0.5, 0.6) is 0 Å². The van der Waals surface area contributed by atoms with Crippen LogP contribution in [0.2, 0.25) is 0 Å². The van der Waals surface area contributed by atoms with Crippen LogP contribution in [0.15, 0.2) is 0 Å². The van der Waals surface area contributed by atoms with Gasteiger partial charge >= 0.3 is 5.97 Å². The van der Waals surface area contributed by atoms with Crippen molar-refractivity contribution >= 4 is 5.97 Å². The molecule has 0 fully saturated rings. The summed E-state index contributed by atoms with van der Waals surface area (Å²) in [6, 6.07) is -0.310. The second-order valence-electron chi connectivity index (χ2n) is 6.58. The quantitative estimate of drug-likeness (QED) is 0.272. The summed E-state index contributed by atoms with van der Waals surface area (Å²) >= 11 is 0. The molecule has 1 atom stereocenters. The fraction of sp³-hybridized carbons (Fsp3) is 0.947. The molecule has 131 valence electrons. The molecule has 0 aromatic heterocycles. The monoisotopic (exact) mass is 312 g/mol. The van der Waals surface area contributed by atoms with E-state index < -0.39 is 0 Å². The van der Waals surface area contributed by atoms with E-state index in [1.54, 1.807) is 6.92 Å². The second-order valence-corrected chi connectivity index (χ2v) is 6.58. The molecule has 1 unspecified atom stereocenters. The highest BCUT2D eigenvalue weighted by atomic mass is 16.5. The summed E-state index contributed by atoms with van der Waals surface area (Å²) in [7, 11) is 0. The van der Waals surface area contributed by atoms with Gasteiger partial charge in [0.2, 0.25) is 0 Å². The highest BCUT2D eigenvalue weighted by Gasteiger charge is 2.04. The zero-order valence-corrected chi connectivity index (χ0v) is 15.0. The first kappa shape index (κ1) is 21.4. The summed E-state index contributed by atoms with van der Waals surface area (Å²) in [5.74, 6) is -0.137. The first-order chi connectivity index (χ1) is 10.7. The molecule has 0 spiro atoms. The van der Waals surface area contributed by atoms with Crippen LogP contribution in [0, 0.1) is 0 Å². The van der Waals surface area contributed by atoms with E-state index in [1.165, 1.54) is 70.6 Å². The summed E-state index contributed by atoms with van der Waals surface area (Å²) in [5, 5.41) is 0. The molecular weight excluding hydrogens is 274 g/mol. The van der Waals surface area contributed by atoms with Crippen LogP contribution in [0.3, 0.4) is 0 Å². The summed E-state index contributed by atoms with van der Waals surface area (Å²) in [6.45, 7) is 4.23. The van der Waals surface area contributed by atoms with Gasteiger partial charge in [-0.3, -0.25) is 10.5 Å². The lowest BCUT2D eigenvalue weighted by Gasteiger charge is -2.06. The minimum atomic E-state index is -0.310. The van der Waals surface area contributed by atoms with Crippen LogP contribution in [0.1, 0.15) is 104 Å². The molecule has 0 amide bonds. The third-order valence-corrected chi connectivity index (χ3v) is 3.98. The normalized spacial score (nSPS) is 12.3. The molecule has 0 rings (SSSR count). The number of hydrogen-bond acceptors (Lipinski definition) is 2. The summed E-state index contributed by atoms with van der Waals surface area (Å²) in [4.78, 5) is 11.3. The number of carbonyl (C=O) groups excluding carboxylic acids is 1. The van der Waals surface area contributed by atoms with E-state index in [4.69, 9.17) is 10.5 Å². The molecule has 0 saturated carbocycles. The van der Waals surface area contributed by atoms with E-state index in [9.17, 15) is 4.79 Å². The van der Waals surface area contributed by atoms with Crippen molar-refractivity contribution in [2.45, 2.75) is 110 Å². The van der Waals surface area contributed by atoms with Crippen molar-refractivity contribution in [1.82, 2.24) is 5.73 Å². The van der Waals surface area contributed by atoms with Gasteiger partial charge in [-0.05, 0) is 13.3 Å². The van der Waals surface area contributed by atoms with Gasteiger partial charge in [0.05, 0.1) is 6.04 Å². The van der Waals surface area contributed by atoms with Crippen LogP contribution in [-0.4, -0.2) is 18.6 Å². The highest BCUT2D eigenvalue weighted by molar-refractivity contribution is 5.69. The van der Waals surface area contributed by atoms with Crippen molar-refractivity contribution in [1.29, 1.82) is 0 Å². The Kier molecular flexibility index (Phi) is 16.4. The van der Waals surface area contributed by atoms with E-state index in [2.05, 4.69) is 6.92 Å². The van der Waals surface area contributed by atoms with Crippen molar-refractivity contribution < 1.29 is 9.53 Å². The Morgan fingerprint density at radius 3 is 1.64 bits per heavy atom. The van der Waals surface area contributed by atoms with Crippen LogP contribution in [0.4, 0.5) is 0 Å². The van der Waals surface area contributed by atoms with Gasteiger partial charge in [0, 0.05) is 6.42 Å². The minimum absolute atomic E-state index is 0.137. The molecule has 22 heavy (non-hydrogen) atoms. The molecule has 1 N–H and O–H groups in total. The van der Waals surface area contributed by atoms with Crippen LogP contribution >= 0.6 is 0 Å². The van der Waals surface area contributed by atoms with Gasteiger partial charge in [0.25, 0.3) is 0 Å². The zero-order chi connectivity index (χ0) is 16.5. The van der Waals surface area contributed by atoms with Crippen LogP contribution in [-0.2, 0) is 9.53 Å². The number of esters is 1. The van der Waals surface area contributed by atoms with E-state index in [-0.39, 0.29) is 18.6 Å². The maximum Gasteiger partial charge on any atom is 0.305 e. The van der Waals surface area contributed by atoms with Crippen molar-refractivity contribution in [3.8, 4) is 0 Å². The predicted molar refractivity (Wildman–Crippen MR) is 93.8 cm³/mol. The van der Waals surface area contributed by atoms with Crippen molar-refractivity contribution in [2.24, 2.45) is 0 Å². The van der Waals surface area contributed by atoms with Crippen molar-refractivity contribution in [3.63, 3.8) is 0 Å². The lowest BCUT2D eigenvalue weighted by molar-refractivity contribution is -0.144. The molecular formula is C19H38NO2. The summed E-state index contributed by atoms with van der Waals surface area (Å²) < 4.78 is 4.98. The van der Waals surface area contributed by atoms with E-state index in [1.807, 2.05) is 0 Å². The Morgan fingerprint density at radius 1 is 0.818 bits per heavy atom. The first-order valence-corrected chi connectivity index (χ1v) is 9.53. The molecule has 0 aromatic rings. The van der Waals surface area contributed by atoms with Crippen LogP contribution < -0.4 is 5.73 Å². The van der Waals surface area contributed by atoms with E-state index >= 15 is 0 Å². The number of rotatable bonds is 16. The largest absolute Gasteiger partial charge is 0.464 e. The Balaban J connectivity index is 3.09. The van der Waals surface area contributed by atoms with Gasteiger partial charge in [0.15, 0.2) is 0 Å². The Hall–Kier alpha value is -0.570. The molecule has 0 aliphatic heterocycles. The Bertz CT molecular complexity index is 242. The number of ether oxygens (including phenoxy) is 1. The number of unbranched alkanes of at least 4 members (excludes halogenated alkanes) is 12. The molecule has 0 aliphatic rings. The molecule has 0 heterocycles. The summed E-state index contributed by atoms with van der Waals surface area (Å²) in [6.07, 6.45) is 17.6. The molecule has 1 radical (unpaired) electrons. The smallest absolute Gasteiger partial charge is 0.305 e. The van der Waals surface area contributed by atoms with E-state index in [0.717, 1.165) is 12.8 Å². The van der Waals surface area contributed by atoms with Gasteiger partial charge in [-0.1, -0.05) is 84.0 Å². The zero-order valence-electron chi connectivity index (χ0n) is 15.0. The fourth-order valence-electron chi connectivity index (χ4n) is 2.58. The van der Waals surface area contributed by atoms with Crippen molar-refractivity contribution in [3.05, 3.63) is 0 Å². The lowest BCUT2D eigenvalue weighted by Crippen LogP contribution is -2.16. The van der Waals surface area contributed by atoms with Crippen molar-refractivity contribution in [2.75, 3.05) is 6.61 Å². The average Bonchev–Trinajstić information content (AvgIpc) is 2.49. The highest BCUT2D eigenvalue weighted by Crippen LogP contribution is 2.13. The molecule has 3 heteroatoms. The topological polar surface area (TPSA) is 50.1 Å². The molecule has 0 bridgehead atoms. The number of nitrogens with one attached hydrogen (secondary N) is 1. The Labute approximate surface area is 138 Å². The molecule has 0 aliphatic carbocycles. The number of carbonyl (C=O) groups is 1.